The molecular weight excluding hydrogens is 300 g/mol. The van der Waals surface area contributed by atoms with E-state index in [4.69, 9.17) is 0 Å². The molecule has 0 spiro atoms. The van der Waals surface area contributed by atoms with Crippen molar-refractivity contribution in [3.63, 3.8) is 0 Å². The Balaban J connectivity index is 1.52. The number of pyridine rings is 1. The second kappa shape index (κ2) is 6.85. The van der Waals surface area contributed by atoms with Crippen LogP contribution in [0.4, 0.5) is 0 Å². The van der Waals surface area contributed by atoms with Gasteiger partial charge in [-0.1, -0.05) is 6.42 Å². The molecule has 5 heteroatoms. The Kier molecular flexibility index (Phi) is 4.43. The summed E-state index contributed by atoms with van der Waals surface area (Å²) >= 11 is 0. The average Bonchev–Trinajstić information content (AvgIpc) is 3.01. The van der Waals surface area contributed by atoms with Gasteiger partial charge in [0.2, 0.25) is 0 Å². The van der Waals surface area contributed by atoms with Crippen LogP contribution in [0.5, 0.6) is 0 Å². The van der Waals surface area contributed by atoms with Crippen LogP contribution in [0.1, 0.15) is 32.1 Å². The van der Waals surface area contributed by atoms with E-state index in [0.717, 1.165) is 30.1 Å². The van der Waals surface area contributed by atoms with Crippen molar-refractivity contribution in [1.29, 1.82) is 0 Å². The lowest BCUT2D eigenvalue weighted by Gasteiger charge is -2.33. The lowest BCUT2D eigenvalue weighted by Crippen LogP contribution is -2.40. The minimum Gasteiger partial charge on any atom is -0.298 e. The molecule has 5 nitrogen and oxygen atoms in total. The number of nitrogens with zero attached hydrogens (tertiary/aromatic N) is 4. The molecule has 2 aliphatic rings. The third-order valence-corrected chi connectivity index (χ3v) is 5.42. The first-order valence-electron chi connectivity index (χ1n) is 9.02. The summed E-state index contributed by atoms with van der Waals surface area (Å²) in [7, 11) is 0. The molecule has 2 aromatic heterocycles. The minimum atomic E-state index is -0.0156. The predicted molar refractivity (Wildman–Crippen MR) is 93.7 cm³/mol. The van der Waals surface area contributed by atoms with Crippen LogP contribution in [0.25, 0.3) is 11.3 Å². The van der Waals surface area contributed by atoms with Crippen molar-refractivity contribution in [3.05, 3.63) is 47.0 Å². The summed E-state index contributed by atoms with van der Waals surface area (Å²) in [4.78, 5) is 19.0. The van der Waals surface area contributed by atoms with Crippen LogP contribution >= 0.6 is 0 Å². The summed E-state index contributed by atoms with van der Waals surface area (Å²) in [6.45, 7) is 3.06. The second-order valence-electron chi connectivity index (χ2n) is 7.07. The smallest absolute Gasteiger partial charge is 0.266 e. The largest absolute Gasteiger partial charge is 0.298 e. The first-order chi connectivity index (χ1) is 11.8. The van der Waals surface area contributed by atoms with Crippen molar-refractivity contribution < 1.29 is 0 Å². The zero-order chi connectivity index (χ0) is 16.4. The van der Waals surface area contributed by atoms with Gasteiger partial charge in [-0.15, -0.1) is 0 Å². The zero-order valence-corrected chi connectivity index (χ0v) is 14.0. The molecule has 2 fully saturated rings. The molecule has 0 aromatic carbocycles. The van der Waals surface area contributed by atoms with Gasteiger partial charge in [-0.2, -0.15) is 5.10 Å². The monoisotopic (exact) mass is 324 g/mol. The summed E-state index contributed by atoms with van der Waals surface area (Å²) in [5.74, 6) is 0.872. The molecule has 126 valence electrons. The molecule has 24 heavy (non-hydrogen) atoms. The third kappa shape index (κ3) is 3.26. The van der Waals surface area contributed by atoms with Gasteiger partial charge in [0.25, 0.3) is 5.56 Å². The van der Waals surface area contributed by atoms with Gasteiger partial charge in [0.1, 0.15) is 0 Å². The Morgan fingerprint density at radius 3 is 2.75 bits per heavy atom. The highest BCUT2D eigenvalue weighted by atomic mass is 16.1. The molecule has 1 saturated heterocycles. The fourth-order valence-electron chi connectivity index (χ4n) is 3.80. The fourth-order valence-corrected chi connectivity index (χ4v) is 3.80. The Hall–Kier alpha value is -2.01. The summed E-state index contributed by atoms with van der Waals surface area (Å²) in [5.41, 5.74) is 1.74. The molecule has 0 bridgehead atoms. The van der Waals surface area contributed by atoms with E-state index in [9.17, 15) is 4.79 Å². The molecule has 1 saturated carbocycles. The number of hydrogen-bond donors (Lipinski definition) is 0. The van der Waals surface area contributed by atoms with E-state index < -0.39 is 0 Å². The Morgan fingerprint density at radius 1 is 1.08 bits per heavy atom. The standard InChI is InChI=1S/C19H24N4O/c24-19-9-8-18(16-6-2-10-20-12-16)21-23(19)14-17-7-3-11-22(17)13-15-4-1-5-15/h2,6,8-10,12,15,17H,1,3-5,7,11,13-14H2. The lowest BCUT2D eigenvalue weighted by atomic mass is 9.85. The van der Waals surface area contributed by atoms with Gasteiger partial charge >= 0.3 is 0 Å². The van der Waals surface area contributed by atoms with Gasteiger partial charge < -0.3 is 0 Å². The molecule has 2 aromatic rings. The highest BCUT2D eigenvalue weighted by Crippen LogP contribution is 2.30. The Labute approximate surface area is 142 Å². The molecule has 1 aliphatic heterocycles. The van der Waals surface area contributed by atoms with Crippen LogP contribution in [-0.4, -0.2) is 38.8 Å². The summed E-state index contributed by atoms with van der Waals surface area (Å²) in [6.07, 6.45) is 10.1. The SMILES string of the molecule is O=c1ccc(-c2cccnc2)nn1CC1CCCN1CC1CCC1. The van der Waals surface area contributed by atoms with Gasteiger partial charge in [-0.05, 0) is 56.3 Å². The molecule has 1 unspecified atom stereocenters. The first kappa shape index (κ1) is 15.5. The number of aromatic nitrogens is 3. The van der Waals surface area contributed by atoms with Crippen LogP contribution in [0.15, 0.2) is 41.5 Å². The van der Waals surface area contributed by atoms with E-state index in [-0.39, 0.29) is 5.56 Å². The molecule has 0 amide bonds. The number of rotatable bonds is 5. The molecule has 3 heterocycles. The zero-order valence-electron chi connectivity index (χ0n) is 14.0. The molecule has 1 aliphatic carbocycles. The lowest BCUT2D eigenvalue weighted by molar-refractivity contribution is 0.153. The third-order valence-electron chi connectivity index (χ3n) is 5.42. The van der Waals surface area contributed by atoms with E-state index in [1.54, 1.807) is 29.2 Å². The highest BCUT2D eigenvalue weighted by Gasteiger charge is 2.29. The van der Waals surface area contributed by atoms with Gasteiger partial charge in [0, 0.05) is 36.6 Å². The van der Waals surface area contributed by atoms with Crippen molar-refractivity contribution >= 4 is 0 Å². The van der Waals surface area contributed by atoms with Crippen LogP contribution in [0.3, 0.4) is 0 Å². The number of hydrogen-bond acceptors (Lipinski definition) is 4. The van der Waals surface area contributed by atoms with Crippen molar-refractivity contribution in [3.8, 4) is 11.3 Å². The average molecular weight is 324 g/mol. The summed E-state index contributed by atoms with van der Waals surface area (Å²) in [5, 5.41) is 4.59. The van der Waals surface area contributed by atoms with E-state index in [1.165, 1.54) is 32.2 Å². The molecular formula is C19H24N4O. The second-order valence-corrected chi connectivity index (χ2v) is 7.07. The maximum Gasteiger partial charge on any atom is 0.266 e. The number of likely N-dealkylation sites (tertiary alicyclic amines) is 1. The molecule has 0 N–H and O–H groups in total. The maximum absolute atomic E-state index is 12.3. The highest BCUT2D eigenvalue weighted by molar-refractivity contribution is 5.56. The normalized spacial score (nSPS) is 21.8. The minimum absolute atomic E-state index is 0.0156. The predicted octanol–water partition coefficient (Wildman–Crippen LogP) is 2.57. The summed E-state index contributed by atoms with van der Waals surface area (Å²) < 4.78 is 1.64. The van der Waals surface area contributed by atoms with Crippen LogP contribution in [0.2, 0.25) is 0 Å². The van der Waals surface area contributed by atoms with Crippen LogP contribution in [-0.2, 0) is 6.54 Å². The van der Waals surface area contributed by atoms with Crippen LogP contribution < -0.4 is 5.56 Å². The van der Waals surface area contributed by atoms with Crippen molar-refractivity contribution in [2.45, 2.75) is 44.7 Å². The maximum atomic E-state index is 12.3. The summed E-state index contributed by atoms with van der Waals surface area (Å²) in [6, 6.07) is 7.73. The molecule has 1 atom stereocenters. The van der Waals surface area contributed by atoms with E-state index >= 15 is 0 Å². The Bertz CT molecular complexity index is 739. The Morgan fingerprint density at radius 2 is 2.00 bits per heavy atom. The van der Waals surface area contributed by atoms with E-state index in [0.29, 0.717) is 12.6 Å². The quantitative estimate of drug-likeness (QED) is 0.848. The molecule has 4 rings (SSSR count). The van der Waals surface area contributed by atoms with E-state index in [2.05, 4.69) is 15.0 Å². The van der Waals surface area contributed by atoms with Gasteiger partial charge in [-0.3, -0.25) is 14.7 Å². The van der Waals surface area contributed by atoms with Crippen molar-refractivity contribution in [2.75, 3.05) is 13.1 Å². The fraction of sp³-hybridized carbons (Fsp3) is 0.526. The first-order valence-corrected chi connectivity index (χ1v) is 9.02. The van der Waals surface area contributed by atoms with Gasteiger partial charge in [0.05, 0.1) is 12.2 Å². The van der Waals surface area contributed by atoms with Gasteiger partial charge in [-0.25, -0.2) is 4.68 Å². The van der Waals surface area contributed by atoms with E-state index in [1.807, 2.05) is 12.1 Å². The topological polar surface area (TPSA) is 51.0 Å². The van der Waals surface area contributed by atoms with Crippen LogP contribution in [0, 0.1) is 5.92 Å². The molecule has 0 radical (unpaired) electrons. The van der Waals surface area contributed by atoms with Crippen molar-refractivity contribution in [2.24, 2.45) is 5.92 Å². The van der Waals surface area contributed by atoms with Gasteiger partial charge in [0.15, 0.2) is 0 Å². The van der Waals surface area contributed by atoms with Crippen molar-refractivity contribution in [1.82, 2.24) is 19.7 Å².